The number of benzene rings is 1. The van der Waals surface area contributed by atoms with Gasteiger partial charge in [0.15, 0.2) is 11.6 Å². The summed E-state index contributed by atoms with van der Waals surface area (Å²) in [6.45, 7) is 1.90. The lowest BCUT2D eigenvalue weighted by Crippen LogP contribution is -2.43. The van der Waals surface area contributed by atoms with Crippen molar-refractivity contribution in [1.29, 1.82) is 0 Å². The summed E-state index contributed by atoms with van der Waals surface area (Å²) in [4.78, 5) is 28.7. The van der Waals surface area contributed by atoms with Crippen LogP contribution in [0.4, 0.5) is 13.2 Å². The van der Waals surface area contributed by atoms with E-state index in [1.54, 1.807) is 4.90 Å². The topological polar surface area (TPSA) is 66.6 Å². The fourth-order valence-corrected chi connectivity index (χ4v) is 4.46. The van der Waals surface area contributed by atoms with Crippen LogP contribution in [0, 0.1) is 29.3 Å². The van der Waals surface area contributed by atoms with Crippen LogP contribution in [-0.4, -0.2) is 53.3 Å². The lowest BCUT2D eigenvalue weighted by Gasteiger charge is -2.26. The van der Waals surface area contributed by atoms with E-state index in [9.17, 15) is 22.8 Å². The van der Waals surface area contributed by atoms with Gasteiger partial charge in [0, 0.05) is 50.0 Å². The predicted octanol–water partition coefficient (Wildman–Crippen LogP) is 1.83. The summed E-state index contributed by atoms with van der Waals surface area (Å²) < 4.78 is 40.2. The lowest BCUT2D eigenvalue weighted by molar-refractivity contribution is -0.135. The van der Waals surface area contributed by atoms with Gasteiger partial charge in [0.2, 0.25) is 11.8 Å². The Morgan fingerprint density at radius 1 is 1.07 bits per heavy atom. The number of rotatable bonds is 5. The normalized spacial score (nSPS) is 25.1. The maximum Gasteiger partial charge on any atom is 0.225 e. The van der Waals surface area contributed by atoms with Crippen LogP contribution >= 0.6 is 0 Å². The molecule has 1 aromatic rings. The average Bonchev–Trinajstić information content (AvgIpc) is 3.27. The second-order valence-corrected chi connectivity index (χ2v) is 8.25. The number of carbonyl (C=O) groups excluding carboxylic acids is 2. The number of likely N-dealkylation sites (tertiary alicyclic amines) is 2. The molecular formula is C20H24F3N3O2. The van der Waals surface area contributed by atoms with E-state index in [0.717, 1.165) is 25.3 Å². The van der Waals surface area contributed by atoms with Crippen molar-refractivity contribution >= 4 is 11.8 Å². The molecule has 152 valence electrons. The molecule has 0 radical (unpaired) electrons. The van der Waals surface area contributed by atoms with Crippen LogP contribution in [0.1, 0.15) is 31.2 Å². The van der Waals surface area contributed by atoms with Crippen molar-refractivity contribution in [3.05, 3.63) is 35.1 Å². The molecule has 2 aliphatic heterocycles. The highest BCUT2D eigenvalue weighted by Crippen LogP contribution is 2.37. The second-order valence-electron chi connectivity index (χ2n) is 8.25. The summed E-state index contributed by atoms with van der Waals surface area (Å²) in [6, 6.07) is 0.604. The van der Waals surface area contributed by atoms with Crippen LogP contribution in [-0.2, 0) is 16.0 Å². The van der Waals surface area contributed by atoms with Gasteiger partial charge >= 0.3 is 0 Å². The first-order valence-corrected chi connectivity index (χ1v) is 9.80. The molecule has 0 aromatic heterocycles. The van der Waals surface area contributed by atoms with E-state index in [2.05, 4.69) is 0 Å². The molecule has 3 atom stereocenters. The van der Waals surface area contributed by atoms with Gasteiger partial charge in [0.25, 0.3) is 0 Å². The summed E-state index contributed by atoms with van der Waals surface area (Å²) in [7, 11) is 0. The molecule has 1 aromatic carbocycles. The minimum Gasteiger partial charge on any atom is -0.340 e. The fourth-order valence-electron chi connectivity index (χ4n) is 4.46. The van der Waals surface area contributed by atoms with Crippen LogP contribution in [0.3, 0.4) is 0 Å². The predicted molar refractivity (Wildman–Crippen MR) is 95.5 cm³/mol. The van der Waals surface area contributed by atoms with E-state index >= 15 is 0 Å². The third kappa shape index (κ3) is 3.74. The number of hydrogen-bond acceptors (Lipinski definition) is 3. The molecule has 2 N–H and O–H groups in total. The SMILES string of the molecule is N[C@@H](CC(=O)N1CC[C@@H]2CN(C(=O)C3CC3)C[C@@H]21)Cc1cc(F)c(F)cc1F. The number of hydrogen-bond donors (Lipinski definition) is 1. The van der Waals surface area contributed by atoms with E-state index in [1.807, 2.05) is 4.90 Å². The molecule has 5 nitrogen and oxygen atoms in total. The zero-order valence-corrected chi connectivity index (χ0v) is 15.5. The number of fused-ring (bicyclic) bond motifs is 1. The van der Waals surface area contributed by atoms with Crippen molar-refractivity contribution in [2.45, 2.75) is 44.2 Å². The van der Waals surface area contributed by atoms with Gasteiger partial charge in [-0.15, -0.1) is 0 Å². The number of amides is 2. The fraction of sp³-hybridized carbons (Fsp3) is 0.600. The van der Waals surface area contributed by atoms with E-state index in [4.69, 9.17) is 5.73 Å². The van der Waals surface area contributed by atoms with E-state index < -0.39 is 23.5 Å². The molecule has 2 heterocycles. The first kappa shape index (κ1) is 19.2. The standard InChI is InChI=1S/C20H24F3N3O2/c21-15-8-17(23)16(22)6-13(15)5-14(24)7-19(27)26-4-3-12-9-25(10-18(12)26)20(28)11-1-2-11/h6,8,11-12,14,18H,1-5,7,9-10,24H2/t12-,14-,18+/m1/s1. The van der Waals surface area contributed by atoms with E-state index in [0.29, 0.717) is 31.6 Å². The van der Waals surface area contributed by atoms with Crippen molar-refractivity contribution < 1.29 is 22.8 Å². The summed E-state index contributed by atoms with van der Waals surface area (Å²) in [5, 5.41) is 0. The molecular weight excluding hydrogens is 371 g/mol. The molecule has 3 fully saturated rings. The Balaban J connectivity index is 1.34. The summed E-state index contributed by atoms with van der Waals surface area (Å²) in [5.41, 5.74) is 5.96. The molecule has 2 amide bonds. The van der Waals surface area contributed by atoms with Crippen molar-refractivity contribution in [3.63, 3.8) is 0 Å². The molecule has 8 heteroatoms. The Hall–Kier alpha value is -2.09. The van der Waals surface area contributed by atoms with Crippen LogP contribution < -0.4 is 5.73 Å². The van der Waals surface area contributed by atoms with Crippen molar-refractivity contribution in [1.82, 2.24) is 9.80 Å². The van der Waals surface area contributed by atoms with Gasteiger partial charge < -0.3 is 15.5 Å². The van der Waals surface area contributed by atoms with Crippen LogP contribution in [0.15, 0.2) is 12.1 Å². The second kappa shape index (κ2) is 7.39. The minimum absolute atomic E-state index is 0.00176. The van der Waals surface area contributed by atoms with Crippen molar-refractivity contribution in [2.75, 3.05) is 19.6 Å². The zero-order chi connectivity index (χ0) is 20.0. The monoisotopic (exact) mass is 395 g/mol. The molecule has 4 rings (SSSR count). The quantitative estimate of drug-likeness (QED) is 0.774. The molecule has 1 aliphatic carbocycles. The van der Waals surface area contributed by atoms with Gasteiger partial charge in [-0.1, -0.05) is 0 Å². The third-order valence-electron chi connectivity index (χ3n) is 6.11. The van der Waals surface area contributed by atoms with Gasteiger partial charge in [0.1, 0.15) is 5.82 Å². The zero-order valence-electron chi connectivity index (χ0n) is 15.5. The summed E-state index contributed by atoms with van der Waals surface area (Å²) in [6.07, 6.45) is 2.73. The summed E-state index contributed by atoms with van der Waals surface area (Å²) in [5.74, 6) is -2.72. The number of nitrogens with two attached hydrogens (primary N) is 1. The molecule has 28 heavy (non-hydrogen) atoms. The van der Waals surface area contributed by atoms with Crippen LogP contribution in [0.25, 0.3) is 0 Å². The molecule has 0 spiro atoms. The largest absolute Gasteiger partial charge is 0.340 e. The van der Waals surface area contributed by atoms with Crippen molar-refractivity contribution in [3.8, 4) is 0 Å². The smallest absolute Gasteiger partial charge is 0.225 e. The van der Waals surface area contributed by atoms with E-state index in [1.165, 1.54) is 0 Å². The van der Waals surface area contributed by atoms with Gasteiger partial charge in [-0.3, -0.25) is 9.59 Å². The maximum absolute atomic E-state index is 13.8. The van der Waals surface area contributed by atoms with Gasteiger partial charge in [0.05, 0.1) is 6.04 Å². The minimum atomic E-state index is -1.25. The van der Waals surface area contributed by atoms with Gasteiger partial charge in [-0.05, 0) is 37.3 Å². The molecule has 3 aliphatic rings. The highest BCUT2D eigenvalue weighted by Gasteiger charge is 2.46. The van der Waals surface area contributed by atoms with Crippen LogP contribution in [0.5, 0.6) is 0 Å². The summed E-state index contributed by atoms with van der Waals surface area (Å²) >= 11 is 0. The Kier molecular flexibility index (Phi) is 5.07. The lowest BCUT2D eigenvalue weighted by atomic mass is 10.0. The highest BCUT2D eigenvalue weighted by atomic mass is 19.2. The Morgan fingerprint density at radius 2 is 1.79 bits per heavy atom. The van der Waals surface area contributed by atoms with Gasteiger partial charge in [-0.25, -0.2) is 13.2 Å². The number of nitrogens with zero attached hydrogens (tertiary/aromatic N) is 2. The van der Waals surface area contributed by atoms with Crippen molar-refractivity contribution in [2.24, 2.45) is 17.6 Å². The Labute approximate surface area is 161 Å². The first-order valence-electron chi connectivity index (χ1n) is 9.80. The maximum atomic E-state index is 13.8. The Bertz CT molecular complexity index is 799. The molecule has 1 saturated carbocycles. The molecule has 2 saturated heterocycles. The third-order valence-corrected chi connectivity index (χ3v) is 6.11. The first-order chi connectivity index (χ1) is 13.3. The van der Waals surface area contributed by atoms with E-state index in [-0.39, 0.29) is 42.2 Å². The van der Waals surface area contributed by atoms with Gasteiger partial charge in [-0.2, -0.15) is 0 Å². The molecule has 0 unspecified atom stereocenters. The molecule has 0 bridgehead atoms. The average molecular weight is 395 g/mol. The number of halogens is 3. The highest BCUT2D eigenvalue weighted by molar-refractivity contribution is 5.82. The Morgan fingerprint density at radius 3 is 2.50 bits per heavy atom. The van der Waals surface area contributed by atoms with Crippen LogP contribution in [0.2, 0.25) is 0 Å². The number of carbonyl (C=O) groups is 2.